The fourth-order valence-electron chi connectivity index (χ4n) is 3.91. The maximum atomic E-state index is 12.9. The SMILES string of the molecule is COc1ccc(C(=O)NC(C)c2nnc(SCC(=O)N3CCCc4ccccc43)n2C)cc1. The molecular formula is C24H27N5O3S. The number of benzene rings is 2. The van der Waals surface area contributed by atoms with Crippen LogP contribution >= 0.6 is 11.8 Å². The number of aromatic nitrogens is 3. The minimum Gasteiger partial charge on any atom is -0.497 e. The van der Waals surface area contributed by atoms with Gasteiger partial charge in [-0.25, -0.2) is 0 Å². The van der Waals surface area contributed by atoms with Gasteiger partial charge in [0.05, 0.1) is 18.9 Å². The molecule has 2 aromatic carbocycles. The maximum absolute atomic E-state index is 12.9. The van der Waals surface area contributed by atoms with Crippen molar-refractivity contribution < 1.29 is 14.3 Å². The van der Waals surface area contributed by atoms with Crippen LogP contribution in [-0.4, -0.2) is 46.0 Å². The van der Waals surface area contributed by atoms with Gasteiger partial charge in [-0.05, 0) is 55.7 Å². The van der Waals surface area contributed by atoms with Gasteiger partial charge in [0, 0.05) is 24.8 Å². The zero-order chi connectivity index (χ0) is 23.4. The second-order valence-electron chi connectivity index (χ2n) is 7.89. The first-order chi connectivity index (χ1) is 16.0. The van der Waals surface area contributed by atoms with Crippen LogP contribution in [0.2, 0.25) is 0 Å². The molecular weight excluding hydrogens is 438 g/mol. The van der Waals surface area contributed by atoms with E-state index in [0.29, 0.717) is 22.3 Å². The van der Waals surface area contributed by atoms with E-state index in [1.54, 1.807) is 31.4 Å². The number of ether oxygens (including phenoxy) is 1. The Kier molecular flexibility index (Phi) is 6.98. The van der Waals surface area contributed by atoms with Crippen LogP contribution in [0.1, 0.15) is 41.1 Å². The Labute approximate surface area is 197 Å². The molecule has 4 rings (SSSR count). The van der Waals surface area contributed by atoms with Crippen molar-refractivity contribution in [3.8, 4) is 5.75 Å². The zero-order valence-electron chi connectivity index (χ0n) is 18.9. The standard InChI is InChI=1S/C24H27N5O3S/c1-16(25-23(31)18-10-12-19(32-3)13-11-18)22-26-27-24(28(22)2)33-15-21(30)29-14-6-8-17-7-4-5-9-20(17)29/h4-5,7,9-13,16H,6,8,14-15H2,1-3H3,(H,25,31). The smallest absolute Gasteiger partial charge is 0.251 e. The lowest BCUT2D eigenvalue weighted by atomic mass is 10.0. The molecule has 0 bridgehead atoms. The number of fused-ring (bicyclic) bond motifs is 1. The number of nitrogens with zero attached hydrogens (tertiary/aromatic N) is 4. The van der Waals surface area contributed by atoms with E-state index in [4.69, 9.17) is 4.74 Å². The summed E-state index contributed by atoms with van der Waals surface area (Å²) in [5.74, 6) is 1.43. The number of hydrogen-bond acceptors (Lipinski definition) is 6. The lowest BCUT2D eigenvalue weighted by Crippen LogP contribution is -2.36. The third-order valence-corrected chi connectivity index (χ3v) is 6.70. The van der Waals surface area contributed by atoms with Gasteiger partial charge in [-0.2, -0.15) is 0 Å². The first-order valence-corrected chi connectivity index (χ1v) is 11.8. The highest BCUT2D eigenvalue weighted by molar-refractivity contribution is 7.99. The molecule has 1 unspecified atom stereocenters. The third-order valence-electron chi connectivity index (χ3n) is 5.69. The zero-order valence-corrected chi connectivity index (χ0v) is 19.8. The largest absolute Gasteiger partial charge is 0.497 e. The number of carbonyl (C=O) groups is 2. The first-order valence-electron chi connectivity index (χ1n) is 10.8. The number of carbonyl (C=O) groups excluding carboxylic acids is 2. The molecule has 0 saturated carbocycles. The molecule has 0 spiro atoms. The van der Waals surface area contributed by atoms with E-state index in [1.165, 1.54) is 17.3 Å². The molecule has 1 aliphatic heterocycles. The molecule has 2 amide bonds. The molecule has 1 aromatic heterocycles. The number of methoxy groups -OCH3 is 1. The van der Waals surface area contributed by atoms with Crippen molar-refractivity contribution in [2.45, 2.75) is 31.0 Å². The van der Waals surface area contributed by atoms with Crippen molar-refractivity contribution in [2.24, 2.45) is 7.05 Å². The molecule has 1 N–H and O–H groups in total. The van der Waals surface area contributed by atoms with Crippen molar-refractivity contribution in [2.75, 3.05) is 24.3 Å². The number of aryl methyl sites for hydroxylation is 1. The fourth-order valence-corrected chi connectivity index (χ4v) is 4.71. The molecule has 3 aromatic rings. The molecule has 0 aliphatic carbocycles. The molecule has 0 radical (unpaired) electrons. The van der Waals surface area contributed by atoms with E-state index in [1.807, 2.05) is 41.6 Å². The minimum absolute atomic E-state index is 0.0533. The van der Waals surface area contributed by atoms with E-state index in [2.05, 4.69) is 21.6 Å². The Hall–Kier alpha value is -3.33. The Balaban J connectivity index is 1.37. The topological polar surface area (TPSA) is 89.3 Å². The van der Waals surface area contributed by atoms with Crippen molar-refractivity contribution in [3.63, 3.8) is 0 Å². The minimum atomic E-state index is -0.351. The molecule has 9 heteroatoms. The van der Waals surface area contributed by atoms with Crippen LogP contribution in [0, 0.1) is 0 Å². The van der Waals surface area contributed by atoms with Crippen molar-refractivity contribution in [1.82, 2.24) is 20.1 Å². The maximum Gasteiger partial charge on any atom is 0.251 e. The summed E-state index contributed by atoms with van der Waals surface area (Å²) in [6, 6.07) is 14.6. The van der Waals surface area contributed by atoms with Gasteiger partial charge in [0.15, 0.2) is 11.0 Å². The second kappa shape index (κ2) is 10.1. The van der Waals surface area contributed by atoms with Crippen LogP contribution in [0.5, 0.6) is 5.75 Å². The van der Waals surface area contributed by atoms with Gasteiger partial charge in [-0.1, -0.05) is 30.0 Å². The lowest BCUT2D eigenvalue weighted by molar-refractivity contribution is -0.116. The van der Waals surface area contributed by atoms with Crippen molar-refractivity contribution >= 4 is 29.3 Å². The van der Waals surface area contributed by atoms with Gasteiger partial charge in [0.25, 0.3) is 5.91 Å². The van der Waals surface area contributed by atoms with Crippen molar-refractivity contribution in [1.29, 1.82) is 0 Å². The first kappa shape index (κ1) is 22.8. The van der Waals surface area contributed by atoms with Crippen LogP contribution in [0.25, 0.3) is 0 Å². The van der Waals surface area contributed by atoms with Gasteiger partial charge < -0.3 is 19.5 Å². The fraction of sp³-hybridized carbons (Fsp3) is 0.333. The van der Waals surface area contributed by atoms with E-state index in [9.17, 15) is 9.59 Å². The quantitative estimate of drug-likeness (QED) is 0.538. The predicted octanol–water partition coefficient (Wildman–Crippen LogP) is 3.39. The van der Waals surface area contributed by atoms with Crippen LogP contribution in [-0.2, 0) is 18.3 Å². The number of amides is 2. The van der Waals surface area contributed by atoms with Crippen LogP contribution in [0.3, 0.4) is 0 Å². The second-order valence-corrected chi connectivity index (χ2v) is 8.83. The summed E-state index contributed by atoms with van der Waals surface area (Å²) in [7, 11) is 3.42. The van der Waals surface area contributed by atoms with Crippen LogP contribution < -0.4 is 15.0 Å². The average Bonchev–Trinajstić information content (AvgIpc) is 3.22. The van der Waals surface area contributed by atoms with E-state index < -0.39 is 0 Å². The van der Waals surface area contributed by atoms with E-state index in [0.717, 1.165) is 25.1 Å². The molecule has 2 heterocycles. The van der Waals surface area contributed by atoms with Crippen LogP contribution in [0.15, 0.2) is 53.7 Å². The van der Waals surface area contributed by atoms with Gasteiger partial charge in [-0.15, -0.1) is 10.2 Å². The summed E-state index contributed by atoms with van der Waals surface area (Å²) >= 11 is 1.35. The highest BCUT2D eigenvalue weighted by Gasteiger charge is 2.24. The monoisotopic (exact) mass is 465 g/mol. The summed E-state index contributed by atoms with van der Waals surface area (Å²) < 4.78 is 6.95. The number of para-hydroxylation sites is 1. The Morgan fingerprint density at radius 3 is 2.67 bits per heavy atom. The number of thioether (sulfide) groups is 1. The number of hydrogen-bond donors (Lipinski definition) is 1. The Morgan fingerprint density at radius 1 is 1.15 bits per heavy atom. The summed E-state index contributed by atoms with van der Waals surface area (Å²) in [4.78, 5) is 27.4. The summed E-state index contributed by atoms with van der Waals surface area (Å²) in [5, 5.41) is 12.1. The highest BCUT2D eigenvalue weighted by atomic mass is 32.2. The summed E-state index contributed by atoms with van der Waals surface area (Å²) in [6.45, 7) is 2.59. The Bertz CT molecular complexity index is 1150. The highest BCUT2D eigenvalue weighted by Crippen LogP contribution is 2.28. The molecule has 0 fully saturated rings. The third kappa shape index (κ3) is 5.03. The van der Waals surface area contributed by atoms with Gasteiger partial charge in [-0.3, -0.25) is 9.59 Å². The molecule has 33 heavy (non-hydrogen) atoms. The predicted molar refractivity (Wildman–Crippen MR) is 128 cm³/mol. The van der Waals surface area contributed by atoms with E-state index in [-0.39, 0.29) is 23.6 Å². The average molecular weight is 466 g/mol. The van der Waals surface area contributed by atoms with Crippen LogP contribution in [0.4, 0.5) is 5.69 Å². The number of anilines is 1. The summed E-state index contributed by atoms with van der Waals surface area (Å²) in [5.41, 5.74) is 2.75. The van der Waals surface area contributed by atoms with Crippen molar-refractivity contribution in [3.05, 3.63) is 65.5 Å². The Morgan fingerprint density at radius 2 is 1.91 bits per heavy atom. The normalized spacial score (nSPS) is 13.8. The number of rotatable bonds is 7. The van der Waals surface area contributed by atoms with Gasteiger partial charge >= 0.3 is 0 Å². The molecule has 1 atom stereocenters. The lowest BCUT2D eigenvalue weighted by Gasteiger charge is -2.29. The van der Waals surface area contributed by atoms with Gasteiger partial charge in [0.1, 0.15) is 5.75 Å². The molecule has 8 nitrogen and oxygen atoms in total. The van der Waals surface area contributed by atoms with Gasteiger partial charge in [0.2, 0.25) is 5.91 Å². The molecule has 0 saturated heterocycles. The summed E-state index contributed by atoms with van der Waals surface area (Å²) in [6.07, 6.45) is 1.97. The van der Waals surface area contributed by atoms with E-state index >= 15 is 0 Å². The number of nitrogens with one attached hydrogen (secondary N) is 1. The molecule has 172 valence electrons. The molecule has 1 aliphatic rings.